The minimum Gasteiger partial charge on any atom is -0.211 e. The Morgan fingerprint density at radius 1 is 0.773 bits per heavy atom. The second-order valence-electron chi connectivity index (χ2n) is 6.52. The quantitative estimate of drug-likeness (QED) is 0.577. The number of hydrogen-bond donors (Lipinski definition) is 0. The molecular weight excluding hydrogens is 282 g/mol. The molecule has 0 atom stereocenters. The summed E-state index contributed by atoms with van der Waals surface area (Å²) < 4.78 is 0. The molecule has 0 aromatic rings. The summed E-state index contributed by atoms with van der Waals surface area (Å²) >= 11 is 0. The van der Waals surface area contributed by atoms with Crippen molar-refractivity contribution >= 4 is 18.2 Å². The lowest BCUT2D eigenvalue weighted by molar-refractivity contribution is 0.165. The molecule has 0 aliphatic heterocycles. The van der Waals surface area contributed by atoms with Crippen molar-refractivity contribution in [3.05, 3.63) is 0 Å². The summed E-state index contributed by atoms with van der Waals surface area (Å²) in [6.45, 7) is 0. The number of hydrogen-bond acceptors (Lipinski definition) is 6. The minimum atomic E-state index is -1.06. The van der Waals surface area contributed by atoms with E-state index in [1.165, 1.54) is 44.3 Å². The van der Waals surface area contributed by atoms with E-state index in [0.29, 0.717) is 31.6 Å². The van der Waals surface area contributed by atoms with E-state index in [0.717, 1.165) is 6.42 Å². The average Bonchev–Trinajstić information content (AvgIpc) is 2.52. The fourth-order valence-corrected chi connectivity index (χ4v) is 3.92. The molecule has 22 heavy (non-hydrogen) atoms. The molecule has 2 aliphatic rings. The van der Waals surface area contributed by atoms with Crippen molar-refractivity contribution in [1.29, 1.82) is 0 Å². The van der Waals surface area contributed by atoms with E-state index in [4.69, 9.17) is 0 Å². The first-order chi connectivity index (χ1) is 10.7. The van der Waals surface area contributed by atoms with Gasteiger partial charge in [-0.05, 0) is 38.0 Å². The summed E-state index contributed by atoms with van der Waals surface area (Å²) in [6, 6.07) is 0. The SMILES string of the molecule is O=C=NC1(CC2CCCCC2)CCC(N=C=O)(N=C=O)CC1. The van der Waals surface area contributed by atoms with Gasteiger partial charge in [0.2, 0.25) is 18.2 Å². The Morgan fingerprint density at radius 3 is 1.82 bits per heavy atom. The summed E-state index contributed by atoms with van der Waals surface area (Å²) in [5, 5.41) is 0. The van der Waals surface area contributed by atoms with Crippen LogP contribution in [0.5, 0.6) is 0 Å². The number of isocyanates is 3. The Bertz CT molecular complexity index is 507. The Balaban J connectivity index is 2.12. The lowest BCUT2D eigenvalue weighted by Crippen LogP contribution is -2.41. The molecule has 0 saturated heterocycles. The van der Waals surface area contributed by atoms with Crippen LogP contribution in [0.25, 0.3) is 0 Å². The maximum Gasteiger partial charge on any atom is 0.237 e. The van der Waals surface area contributed by atoms with Crippen LogP contribution in [0.15, 0.2) is 15.0 Å². The largest absolute Gasteiger partial charge is 0.237 e. The van der Waals surface area contributed by atoms with Crippen LogP contribution < -0.4 is 0 Å². The molecule has 6 heteroatoms. The zero-order valence-electron chi connectivity index (χ0n) is 12.7. The highest BCUT2D eigenvalue weighted by atomic mass is 16.1. The van der Waals surface area contributed by atoms with Gasteiger partial charge in [0, 0.05) is 0 Å². The van der Waals surface area contributed by atoms with Crippen molar-refractivity contribution in [2.24, 2.45) is 20.9 Å². The van der Waals surface area contributed by atoms with Crippen LogP contribution in [-0.4, -0.2) is 29.4 Å². The van der Waals surface area contributed by atoms with E-state index < -0.39 is 11.2 Å². The Hall–Kier alpha value is -1.86. The Kier molecular flexibility index (Phi) is 5.57. The second-order valence-corrected chi connectivity index (χ2v) is 6.52. The van der Waals surface area contributed by atoms with Crippen molar-refractivity contribution < 1.29 is 14.4 Å². The van der Waals surface area contributed by atoms with Crippen molar-refractivity contribution in [2.45, 2.75) is 75.4 Å². The van der Waals surface area contributed by atoms with Gasteiger partial charge in [-0.2, -0.15) is 15.0 Å². The molecule has 118 valence electrons. The molecule has 0 aromatic heterocycles. The van der Waals surface area contributed by atoms with Gasteiger partial charge < -0.3 is 0 Å². The van der Waals surface area contributed by atoms with Gasteiger partial charge in [0.15, 0.2) is 5.66 Å². The van der Waals surface area contributed by atoms with E-state index in [-0.39, 0.29) is 0 Å². The summed E-state index contributed by atoms with van der Waals surface area (Å²) in [4.78, 5) is 43.6. The predicted molar refractivity (Wildman–Crippen MR) is 79.5 cm³/mol. The van der Waals surface area contributed by atoms with Gasteiger partial charge in [-0.1, -0.05) is 32.1 Å². The average molecular weight is 303 g/mol. The normalized spacial score (nSPS) is 32.2. The molecule has 0 radical (unpaired) electrons. The van der Waals surface area contributed by atoms with E-state index in [1.807, 2.05) is 0 Å². The minimum absolute atomic E-state index is 0.412. The van der Waals surface area contributed by atoms with E-state index >= 15 is 0 Å². The van der Waals surface area contributed by atoms with Gasteiger partial charge in [0.05, 0.1) is 5.54 Å². The first-order valence-corrected chi connectivity index (χ1v) is 7.95. The molecule has 2 aliphatic carbocycles. The lowest BCUT2D eigenvalue weighted by atomic mass is 9.70. The van der Waals surface area contributed by atoms with Crippen LogP contribution in [0.4, 0.5) is 0 Å². The Morgan fingerprint density at radius 2 is 1.32 bits per heavy atom. The van der Waals surface area contributed by atoms with Gasteiger partial charge in [0.1, 0.15) is 0 Å². The van der Waals surface area contributed by atoms with Crippen molar-refractivity contribution in [1.82, 2.24) is 0 Å². The summed E-state index contributed by atoms with van der Waals surface area (Å²) in [5.74, 6) is 0.586. The highest BCUT2D eigenvalue weighted by Crippen LogP contribution is 2.45. The number of aliphatic imine (C=N–C) groups is 3. The molecule has 2 saturated carbocycles. The molecule has 0 heterocycles. The van der Waals surface area contributed by atoms with Gasteiger partial charge in [0.25, 0.3) is 0 Å². The van der Waals surface area contributed by atoms with E-state index in [2.05, 4.69) is 15.0 Å². The van der Waals surface area contributed by atoms with Gasteiger partial charge in [-0.15, -0.1) is 0 Å². The van der Waals surface area contributed by atoms with Crippen LogP contribution in [0.2, 0.25) is 0 Å². The summed E-state index contributed by atoms with van der Waals surface area (Å²) in [5.41, 5.74) is -1.50. The topological polar surface area (TPSA) is 88.3 Å². The molecular formula is C16H21N3O3. The standard InChI is InChI=1S/C16H21N3O3/c20-11-17-15(10-14-4-2-1-3-5-14)6-8-16(9-7-15,18-12-21)19-13-22/h14H,1-10H2. The zero-order chi connectivity index (χ0) is 15.9. The van der Waals surface area contributed by atoms with Crippen LogP contribution in [0.3, 0.4) is 0 Å². The molecule has 0 N–H and O–H groups in total. The van der Waals surface area contributed by atoms with Gasteiger partial charge in [-0.25, -0.2) is 14.4 Å². The maximum atomic E-state index is 10.9. The lowest BCUT2D eigenvalue weighted by Gasteiger charge is -2.40. The second kappa shape index (κ2) is 7.42. The summed E-state index contributed by atoms with van der Waals surface area (Å²) in [7, 11) is 0. The third kappa shape index (κ3) is 3.86. The number of nitrogens with zero attached hydrogens (tertiary/aromatic N) is 3. The first kappa shape index (κ1) is 16.5. The van der Waals surface area contributed by atoms with Crippen molar-refractivity contribution in [3.8, 4) is 0 Å². The smallest absolute Gasteiger partial charge is 0.211 e. The maximum absolute atomic E-state index is 10.9. The van der Waals surface area contributed by atoms with Crippen molar-refractivity contribution in [3.63, 3.8) is 0 Å². The number of rotatable bonds is 5. The van der Waals surface area contributed by atoms with Crippen LogP contribution in [0.1, 0.15) is 64.2 Å². The van der Waals surface area contributed by atoms with Gasteiger partial charge in [-0.3, -0.25) is 0 Å². The highest BCUT2D eigenvalue weighted by Gasteiger charge is 2.44. The molecule has 0 aromatic carbocycles. The molecule has 0 bridgehead atoms. The fourth-order valence-electron chi connectivity index (χ4n) is 3.92. The highest BCUT2D eigenvalue weighted by molar-refractivity contribution is 5.40. The third-order valence-electron chi connectivity index (χ3n) is 5.17. The molecule has 2 fully saturated rings. The van der Waals surface area contributed by atoms with Crippen LogP contribution in [-0.2, 0) is 14.4 Å². The number of carbonyl (C=O) groups excluding carboxylic acids is 3. The van der Waals surface area contributed by atoms with Gasteiger partial charge >= 0.3 is 0 Å². The van der Waals surface area contributed by atoms with E-state index in [1.54, 1.807) is 6.08 Å². The van der Waals surface area contributed by atoms with Crippen molar-refractivity contribution in [2.75, 3.05) is 0 Å². The molecule has 2 rings (SSSR count). The fraction of sp³-hybridized carbons (Fsp3) is 0.812. The van der Waals surface area contributed by atoms with Crippen LogP contribution >= 0.6 is 0 Å². The molecule has 0 amide bonds. The van der Waals surface area contributed by atoms with E-state index in [9.17, 15) is 14.4 Å². The Labute approximate surface area is 129 Å². The summed E-state index contributed by atoms with van der Waals surface area (Å²) in [6.07, 6.45) is 13.7. The monoisotopic (exact) mass is 303 g/mol. The predicted octanol–water partition coefficient (Wildman–Crippen LogP) is 2.97. The first-order valence-electron chi connectivity index (χ1n) is 7.95. The molecule has 6 nitrogen and oxygen atoms in total. The molecule has 0 unspecified atom stereocenters. The zero-order valence-corrected chi connectivity index (χ0v) is 12.7. The van der Waals surface area contributed by atoms with Crippen LogP contribution in [0, 0.1) is 5.92 Å². The molecule has 0 spiro atoms. The third-order valence-corrected chi connectivity index (χ3v) is 5.17.